The van der Waals surface area contributed by atoms with Crippen LogP contribution in [-0.4, -0.2) is 26.6 Å². The molecule has 0 aliphatic carbocycles. The summed E-state index contributed by atoms with van der Waals surface area (Å²) < 4.78 is 1.46. The van der Waals surface area contributed by atoms with E-state index in [0.29, 0.717) is 16.4 Å². The standard InChI is InChI=1S/C16H12ClN5O2/c17-10-5-7-19-13(9-10)16(24)20-11-3-1-2-4-14(11)22-8-6-12(21-22)15(18)23/h1-9H,(H2,18,23)(H,20,24). The van der Waals surface area contributed by atoms with Crippen LogP contribution in [0.5, 0.6) is 0 Å². The van der Waals surface area contributed by atoms with Crippen LogP contribution in [0.25, 0.3) is 5.69 Å². The number of hydrogen-bond donors (Lipinski definition) is 2. The molecule has 3 aromatic rings. The van der Waals surface area contributed by atoms with Crippen LogP contribution in [0.1, 0.15) is 21.0 Å². The first kappa shape index (κ1) is 15.7. The molecular formula is C16H12ClN5O2. The maximum atomic E-state index is 12.3. The number of hydrogen-bond acceptors (Lipinski definition) is 4. The first-order valence-corrected chi connectivity index (χ1v) is 7.30. The Kier molecular flexibility index (Phi) is 4.26. The third-order valence-electron chi connectivity index (χ3n) is 3.20. The Morgan fingerprint density at radius 2 is 1.92 bits per heavy atom. The van der Waals surface area contributed by atoms with Crippen LogP contribution in [0.3, 0.4) is 0 Å². The van der Waals surface area contributed by atoms with Crippen LogP contribution in [0.4, 0.5) is 5.69 Å². The molecule has 8 heteroatoms. The summed E-state index contributed by atoms with van der Waals surface area (Å²) in [5.74, 6) is -1.04. The number of aromatic nitrogens is 3. The monoisotopic (exact) mass is 341 g/mol. The number of halogens is 1. The molecule has 2 amide bonds. The second-order valence-corrected chi connectivity index (χ2v) is 5.28. The lowest BCUT2D eigenvalue weighted by Gasteiger charge is -2.10. The smallest absolute Gasteiger partial charge is 0.274 e. The summed E-state index contributed by atoms with van der Waals surface area (Å²) in [5.41, 5.74) is 6.62. The minimum atomic E-state index is -0.626. The molecule has 0 aliphatic rings. The van der Waals surface area contributed by atoms with Crippen LogP contribution in [-0.2, 0) is 0 Å². The van der Waals surface area contributed by atoms with E-state index in [9.17, 15) is 9.59 Å². The molecule has 0 spiro atoms. The predicted octanol–water partition coefficient (Wildman–Crippen LogP) is 2.27. The number of carbonyl (C=O) groups excluding carboxylic acids is 2. The number of primary amides is 1. The number of benzene rings is 1. The average molecular weight is 342 g/mol. The zero-order valence-electron chi connectivity index (χ0n) is 12.3. The van der Waals surface area contributed by atoms with E-state index in [2.05, 4.69) is 15.4 Å². The van der Waals surface area contributed by atoms with Gasteiger partial charge in [0.2, 0.25) is 0 Å². The van der Waals surface area contributed by atoms with Gasteiger partial charge in [-0.3, -0.25) is 14.6 Å². The number of para-hydroxylation sites is 2. The average Bonchev–Trinajstić information content (AvgIpc) is 3.05. The van der Waals surface area contributed by atoms with E-state index >= 15 is 0 Å². The summed E-state index contributed by atoms with van der Waals surface area (Å²) in [6.07, 6.45) is 3.04. The number of nitrogens with one attached hydrogen (secondary N) is 1. The maximum Gasteiger partial charge on any atom is 0.274 e. The first-order valence-electron chi connectivity index (χ1n) is 6.92. The maximum absolute atomic E-state index is 12.3. The van der Waals surface area contributed by atoms with Gasteiger partial charge in [0, 0.05) is 17.4 Å². The van der Waals surface area contributed by atoms with Crippen molar-refractivity contribution in [3.63, 3.8) is 0 Å². The van der Waals surface area contributed by atoms with Crippen molar-refractivity contribution in [1.82, 2.24) is 14.8 Å². The molecule has 120 valence electrons. The molecule has 3 N–H and O–H groups in total. The number of nitrogens with two attached hydrogens (primary N) is 1. The molecule has 0 unspecified atom stereocenters. The lowest BCUT2D eigenvalue weighted by molar-refractivity contribution is 0.0992. The van der Waals surface area contributed by atoms with Gasteiger partial charge in [-0.05, 0) is 30.3 Å². The Bertz CT molecular complexity index is 922. The van der Waals surface area contributed by atoms with Crippen molar-refractivity contribution in [3.8, 4) is 5.69 Å². The molecular weight excluding hydrogens is 330 g/mol. The number of anilines is 1. The Balaban J connectivity index is 1.91. The van der Waals surface area contributed by atoms with Gasteiger partial charge in [-0.1, -0.05) is 23.7 Å². The van der Waals surface area contributed by atoms with E-state index < -0.39 is 11.8 Å². The highest BCUT2D eigenvalue weighted by molar-refractivity contribution is 6.31. The fourth-order valence-electron chi connectivity index (χ4n) is 2.08. The Morgan fingerprint density at radius 1 is 1.12 bits per heavy atom. The van der Waals surface area contributed by atoms with Crippen LogP contribution in [0, 0.1) is 0 Å². The molecule has 0 radical (unpaired) electrons. The lowest BCUT2D eigenvalue weighted by atomic mass is 10.2. The first-order chi connectivity index (χ1) is 11.5. The van der Waals surface area contributed by atoms with E-state index in [-0.39, 0.29) is 11.4 Å². The van der Waals surface area contributed by atoms with Gasteiger partial charge in [-0.25, -0.2) is 4.68 Å². The van der Waals surface area contributed by atoms with Crippen molar-refractivity contribution in [2.75, 3.05) is 5.32 Å². The zero-order chi connectivity index (χ0) is 17.1. The van der Waals surface area contributed by atoms with E-state index in [0.717, 1.165) is 0 Å². The normalized spacial score (nSPS) is 10.4. The molecule has 1 aromatic carbocycles. The Morgan fingerprint density at radius 3 is 2.62 bits per heavy atom. The second-order valence-electron chi connectivity index (χ2n) is 4.84. The summed E-state index contributed by atoms with van der Waals surface area (Å²) in [4.78, 5) is 27.5. The molecule has 0 saturated carbocycles. The summed E-state index contributed by atoms with van der Waals surface area (Å²) in [7, 11) is 0. The predicted molar refractivity (Wildman–Crippen MR) is 89.3 cm³/mol. The highest BCUT2D eigenvalue weighted by atomic mass is 35.5. The minimum Gasteiger partial charge on any atom is -0.364 e. The van der Waals surface area contributed by atoms with Gasteiger partial charge < -0.3 is 11.1 Å². The lowest BCUT2D eigenvalue weighted by Crippen LogP contribution is -2.16. The molecule has 0 bridgehead atoms. The van der Waals surface area contributed by atoms with Crippen LogP contribution in [0.15, 0.2) is 54.9 Å². The van der Waals surface area contributed by atoms with Gasteiger partial charge >= 0.3 is 0 Å². The molecule has 0 aliphatic heterocycles. The molecule has 24 heavy (non-hydrogen) atoms. The quantitative estimate of drug-likeness (QED) is 0.759. The van der Waals surface area contributed by atoms with E-state index in [1.165, 1.54) is 23.0 Å². The fraction of sp³-hybridized carbons (Fsp3) is 0. The Hall–Kier alpha value is -3.19. The van der Waals surface area contributed by atoms with Gasteiger partial charge in [0.15, 0.2) is 0 Å². The minimum absolute atomic E-state index is 0.132. The van der Waals surface area contributed by atoms with Gasteiger partial charge in [-0.15, -0.1) is 0 Å². The zero-order valence-corrected chi connectivity index (χ0v) is 13.1. The van der Waals surface area contributed by atoms with E-state index in [4.69, 9.17) is 17.3 Å². The summed E-state index contributed by atoms with van der Waals surface area (Å²) >= 11 is 5.87. The van der Waals surface area contributed by atoms with Crippen molar-refractivity contribution < 1.29 is 9.59 Å². The number of nitrogens with zero attached hydrogens (tertiary/aromatic N) is 3. The highest BCUT2D eigenvalue weighted by Crippen LogP contribution is 2.20. The van der Waals surface area contributed by atoms with Gasteiger partial charge in [0.1, 0.15) is 11.4 Å². The van der Waals surface area contributed by atoms with Crippen molar-refractivity contribution in [1.29, 1.82) is 0 Å². The van der Waals surface area contributed by atoms with Crippen molar-refractivity contribution in [3.05, 3.63) is 71.3 Å². The van der Waals surface area contributed by atoms with E-state index in [1.54, 1.807) is 36.5 Å². The molecule has 7 nitrogen and oxygen atoms in total. The van der Waals surface area contributed by atoms with Crippen LogP contribution < -0.4 is 11.1 Å². The number of amides is 2. The van der Waals surface area contributed by atoms with Crippen LogP contribution in [0.2, 0.25) is 5.02 Å². The summed E-state index contributed by atoms with van der Waals surface area (Å²) in [5, 5.41) is 7.26. The molecule has 0 atom stereocenters. The van der Waals surface area contributed by atoms with Crippen molar-refractivity contribution in [2.45, 2.75) is 0 Å². The van der Waals surface area contributed by atoms with Gasteiger partial charge in [0.05, 0.1) is 11.4 Å². The third kappa shape index (κ3) is 3.26. The third-order valence-corrected chi connectivity index (χ3v) is 3.43. The molecule has 2 heterocycles. The van der Waals surface area contributed by atoms with Crippen molar-refractivity contribution >= 4 is 29.1 Å². The fourth-order valence-corrected chi connectivity index (χ4v) is 2.24. The Labute approximate surface area is 142 Å². The molecule has 0 saturated heterocycles. The topological polar surface area (TPSA) is 103 Å². The molecule has 3 rings (SSSR count). The highest BCUT2D eigenvalue weighted by Gasteiger charge is 2.13. The number of carbonyl (C=O) groups is 2. The largest absolute Gasteiger partial charge is 0.364 e. The SMILES string of the molecule is NC(=O)c1ccn(-c2ccccc2NC(=O)c2cc(Cl)ccn2)n1. The van der Waals surface area contributed by atoms with Crippen LogP contribution >= 0.6 is 11.6 Å². The molecule has 0 fully saturated rings. The van der Waals surface area contributed by atoms with Gasteiger partial charge in [0.25, 0.3) is 11.8 Å². The number of pyridine rings is 1. The number of rotatable bonds is 4. The van der Waals surface area contributed by atoms with Crippen molar-refractivity contribution in [2.24, 2.45) is 5.73 Å². The second kappa shape index (κ2) is 6.51. The summed E-state index contributed by atoms with van der Waals surface area (Å²) in [6.45, 7) is 0. The molecule has 2 aromatic heterocycles. The van der Waals surface area contributed by atoms with E-state index in [1.807, 2.05) is 0 Å². The summed E-state index contributed by atoms with van der Waals surface area (Å²) in [6, 6.07) is 11.6. The van der Waals surface area contributed by atoms with Gasteiger partial charge in [-0.2, -0.15) is 5.10 Å².